The molecule has 0 unspecified atom stereocenters. The number of rotatable bonds is 4. The molecule has 8 nitrogen and oxygen atoms in total. The number of nitro benzene ring substituents is 2. The molecule has 0 fully saturated rings. The average Bonchev–Trinajstić information content (AvgIpc) is 2.28. The van der Waals surface area contributed by atoms with Gasteiger partial charge in [-0.25, -0.2) is 0 Å². The molecule has 8 heteroatoms. The molecule has 1 amide bonds. The zero-order chi connectivity index (χ0) is 13.0. The maximum Gasteiger partial charge on any atom is 0.348 e. The van der Waals surface area contributed by atoms with E-state index in [2.05, 4.69) is 11.9 Å². The molecule has 1 rings (SSSR count). The van der Waals surface area contributed by atoms with Crippen molar-refractivity contribution in [3.63, 3.8) is 0 Å². The first-order chi connectivity index (χ1) is 7.95. The van der Waals surface area contributed by atoms with Gasteiger partial charge in [0.2, 0.25) is 5.91 Å². The van der Waals surface area contributed by atoms with Crippen LogP contribution in [0.4, 0.5) is 17.1 Å². The van der Waals surface area contributed by atoms with Gasteiger partial charge < -0.3 is 5.32 Å². The van der Waals surface area contributed by atoms with Gasteiger partial charge in [0, 0.05) is 17.8 Å². The Morgan fingerprint density at radius 1 is 1.24 bits per heavy atom. The van der Waals surface area contributed by atoms with Crippen LogP contribution < -0.4 is 5.32 Å². The topological polar surface area (TPSA) is 115 Å². The monoisotopic (exact) mass is 237 g/mol. The molecular weight excluding hydrogens is 230 g/mol. The van der Waals surface area contributed by atoms with Gasteiger partial charge in [-0.15, -0.1) is 0 Å². The number of amides is 1. The lowest BCUT2D eigenvalue weighted by Crippen LogP contribution is -2.08. The number of carbonyl (C=O) groups excluding carboxylic acids is 1. The molecule has 0 spiro atoms. The Labute approximate surface area is 94.9 Å². The van der Waals surface area contributed by atoms with Gasteiger partial charge in [-0.1, -0.05) is 6.58 Å². The molecule has 0 bridgehead atoms. The van der Waals surface area contributed by atoms with E-state index in [-0.39, 0.29) is 5.69 Å². The zero-order valence-corrected chi connectivity index (χ0v) is 8.45. The molecule has 1 aromatic carbocycles. The van der Waals surface area contributed by atoms with E-state index < -0.39 is 27.1 Å². The molecule has 0 radical (unpaired) electrons. The van der Waals surface area contributed by atoms with E-state index in [9.17, 15) is 25.0 Å². The first-order valence-corrected chi connectivity index (χ1v) is 4.32. The first-order valence-electron chi connectivity index (χ1n) is 4.32. The maximum absolute atomic E-state index is 10.9. The molecule has 1 N–H and O–H groups in total. The minimum absolute atomic E-state index is 0.0900. The van der Waals surface area contributed by atoms with E-state index in [0.717, 1.165) is 18.2 Å². The first kappa shape index (κ1) is 12.3. The van der Waals surface area contributed by atoms with Gasteiger partial charge >= 0.3 is 11.4 Å². The van der Waals surface area contributed by atoms with Crippen molar-refractivity contribution in [1.29, 1.82) is 0 Å². The fourth-order valence-corrected chi connectivity index (χ4v) is 1.10. The second-order valence-electron chi connectivity index (χ2n) is 2.91. The van der Waals surface area contributed by atoms with Gasteiger partial charge in [0.15, 0.2) is 0 Å². The van der Waals surface area contributed by atoms with Crippen molar-refractivity contribution in [2.24, 2.45) is 0 Å². The van der Waals surface area contributed by atoms with Crippen molar-refractivity contribution >= 4 is 23.0 Å². The number of hydrogen-bond acceptors (Lipinski definition) is 5. The van der Waals surface area contributed by atoms with E-state index in [1.165, 1.54) is 6.07 Å². The Kier molecular flexibility index (Phi) is 3.50. The standard InChI is InChI=1S/C9H7N3O5/c1-2-9(13)10-6-3-4-7(11(14)15)8(5-6)12(16)17/h2-5H,1H2,(H,10,13). The van der Waals surface area contributed by atoms with E-state index in [1.807, 2.05) is 0 Å². The van der Waals surface area contributed by atoms with Crippen molar-refractivity contribution < 1.29 is 14.6 Å². The molecule has 1 aromatic rings. The summed E-state index contributed by atoms with van der Waals surface area (Å²) in [4.78, 5) is 30.3. The Hall–Kier alpha value is -2.77. The minimum atomic E-state index is -0.887. The van der Waals surface area contributed by atoms with Gasteiger partial charge in [-0.2, -0.15) is 0 Å². The van der Waals surface area contributed by atoms with Gasteiger partial charge in [0.1, 0.15) is 0 Å². The predicted octanol–water partition coefficient (Wildman–Crippen LogP) is 1.63. The summed E-state index contributed by atoms with van der Waals surface area (Å²) >= 11 is 0. The highest BCUT2D eigenvalue weighted by Gasteiger charge is 2.24. The van der Waals surface area contributed by atoms with Crippen LogP contribution >= 0.6 is 0 Å². The molecule has 0 aromatic heterocycles. The Balaban J connectivity index is 3.18. The molecular formula is C9H7N3O5. The van der Waals surface area contributed by atoms with Crippen LogP contribution in [0.15, 0.2) is 30.9 Å². The van der Waals surface area contributed by atoms with Crippen LogP contribution in [0.2, 0.25) is 0 Å². The normalized spacial score (nSPS) is 9.41. The van der Waals surface area contributed by atoms with Crippen LogP contribution in [0.25, 0.3) is 0 Å². The van der Waals surface area contributed by atoms with E-state index in [1.54, 1.807) is 0 Å². The highest BCUT2D eigenvalue weighted by Crippen LogP contribution is 2.29. The second kappa shape index (κ2) is 4.84. The molecule has 17 heavy (non-hydrogen) atoms. The van der Waals surface area contributed by atoms with E-state index in [0.29, 0.717) is 0 Å². The average molecular weight is 237 g/mol. The number of anilines is 1. The molecule has 0 saturated carbocycles. The Bertz CT molecular complexity index is 511. The molecule has 0 atom stereocenters. The Morgan fingerprint density at radius 2 is 1.82 bits per heavy atom. The summed E-state index contributed by atoms with van der Waals surface area (Å²) in [6.07, 6.45) is 0.979. The largest absolute Gasteiger partial charge is 0.348 e. The van der Waals surface area contributed by atoms with Crippen LogP contribution in [0.1, 0.15) is 0 Å². The molecule has 0 aliphatic rings. The molecule has 88 valence electrons. The van der Waals surface area contributed by atoms with Gasteiger partial charge in [-0.3, -0.25) is 25.0 Å². The second-order valence-corrected chi connectivity index (χ2v) is 2.91. The number of nitrogens with zero attached hydrogens (tertiary/aromatic N) is 2. The third-order valence-electron chi connectivity index (χ3n) is 1.82. The van der Waals surface area contributed by atoms with Gasteiger partial charge in [-0.05, 0) is 12.1 Å². The summed E-state index contributed by atoms with van der Waals surface area (Å²) in [5.41, 5.74) is -1.23. The summed E-state index contributed by atoms with van der Waals surface area (Å²) in [6, 6.07) is 3.07. The molecule has 0 aliphatic carbocycles. The van der Waals surface area contributed by atoms with E-state index in [4.69, 9.17) is 0 Å². The summed E-state index contributed by atoms with van der Waals surface area (Å²) in [6.45, 7) is 3.21. The number of hydrogen-bond donors (Lipinski definition) is 1. The summed E-state index contributed by atoms with van der Waals surface area (Å²) < 4.78 is 0. The highest BCUT2D eigenvalue weighted by molar-refractivity contribution is 5.99. The fraction of sp³-hybridized carbons (Fsp3) is 0. The van der Waals surface area contributed by atoms with Crippen molar-refractivity contribution in [2.45, 2.75) is 0 Å². The fourth-order valence-electron chi connectivity index (χ4n) is 1.10. The molecule has 0 heterocycles. The summed E-state index contributed by atoms with van der Waals surface area (Å²) in [7, 11) is 0. The summed E-state index contributed by atoms with van der Waals surface area (Å²) in [5, 5.41) is 23.4. The van der Waals surface area contributed by atoms with Crippen molar-refractivity contribution in [3.05, 3.63) is 51.1 Å². The lowest BCUT2D eigenvalue weighted by Gasteiger charge is -2.01. The van der Waals surface area contributed by atoms with Crippen molar-refractivity contribution in [3.8, 4) is 0 Å². The quantitative estimate of drug-likeness (QED) is 0.485. The SMILES string of the molecule is C=CC(=O)Nc1ccc([N+](=O)[O-])c([N+](=O)[O-])c1. The van der Waals surface area contributed by atoms with Crippen LogP contribution in [0, 0.1) is 20.2 Å². The molecule has 0 saturated heterocycles. The predicted molar refractivity (Wildman–Crippen MR) is 58.6 cm³/mol. The van der Waals surface area contributed by atoms with Crippen molar-refractivity contribution in [1.82, 2.24) is 0 Å². The van der Waals surface area contributed by atoms with Crippen LogP contribution in [0.3, 0.4) is 0 Å². The third-order valence-corrected chi connectivity index (χ3v) is 1.82. The Morgan fingerprint density at radius 3 is 2.29 bits per heavy atom. The minimum Gasteiger partial charge on any atom is -0.322 e. The van der Waals surface area contributed by atoms with Gasteiger partial charge in [0.25, 0.3) is 0 Å². The zero-order valence-electron chi connectivity index (χ0n) is 8.45. The lowest BCUT2D eigenvalue weighted by molar-refractivity contribution is -0.422. The highest BCUT2D eigenvalue weighted by atomic mass is 16.6. The van der Waals surface area contributed by atoms with E-state index >= 15 is 0 Å². The van der Waals surface area contributed by atoms with Crippen LogP contribution in [0.5, 0.6) is 0 Å². The number of nitrogens with one attached hydrogen (secondary N) is 1. The third kappa shape index (κ3) is 2.84. The maximum atomic E-state index is 10.9. The smallest absolute Gasteiger partial charge is 0.322 e. The number of nitro groups is 2. The lowest BCUT2D eigenvalue weighted by atomic mass is 10.2. The van der Waals surface area contributed by atoms with Gasteiger partial charge in [0.05, 0.1) is 9.85 Å². The molecule has 0 aliphatic heterocycles. The van der Waals surface area contributed by atoms with Crippen LogP contribution in [-0.2, 0) is 4.79 Å². The van der Waals surface area contributed by atoms with Crippen LogP contribution in [-0.4, -0.2) is 15.8 Å². The number of carbonyl (C=O) groups is 1. The summed E-state index contributed by atoms with van der Waals surface area (Å²) in [5.74, 6) is -0.562. The number of benzene rings is 1. The van der Waals surface area contributed by atoms with Crippen molar-refractivity contribution in [2.75, 3.05) is 5.32 Å².